The molecular weight excluding hydrogens is 687 g/mol. The Labute approximate surface area is 305 Å². The molecule has 5 rings (SSSR count). The van der Waals surface area contributed by atoms with Crippen LogP contribution < -0.4 is 34.1 Å². The number of rotatable bonds is 17. The topological polar surface area (TPSA) is 159 Å². The molecule has 53 heavy (non-hydrogen) atoms. The number of hydrogen-bond acceptors (Lipinski definition) is 10. The van der Waals surface area contributed by atoms with Gasteiger partial charge < -0.3 is 49.0 Å². The summed E-state index contributed by atoms with van der Waals surface area (Å²) < 4.78 is 35.0. The summed E-state index contributed by atoms with van der Waals surface area (Å²) in [6.07, 6.45) is 0. The number of hydrogen-bond donors (Lipinski definition) is 4. The number of carboxylic acid groups (broad SMARTS) is 2. The highest BCUT2D eigenvalue weighted by Crippen LogP contribution is 2.43. The molecular formula is C39H44FN4O9+. The number of aliphatic hydroxyl groups excluding tert-OH is 2. The van der Waals surface area contributed by atoms with Crippen molar-refractivity contribution in [3.63, 3.8) is 0 Å². The Bertz CT molecular complexity index is 2130. The van der Waals surface area contributed by atoms with E-state index in [1.54, 1.807) is 12.1 Å². The van der Waals surface area contributed by atoms with Gasteiger partial charge in [0.2, 0.25) is 5.36 Å². The molecule has 0 amide bonds. The first-order valence-electron chi connectivity index (χ1n) is 16.9. The number of ether oxygens (including phenoxy) is 2. The third kappa shape index (κ3) is 9.15. The smallest absolute Gasteiger partial charge is 0.323 e. The van der Waals surface area contributed by atoms with Crippen molar-refractivity contribution in [2.45, 2.75) is 0 Å². The second-order valence-electron chi connectivity index (χ2n) is 12.7. The van der Waals surface area contributed by atoms with E-state index in [1.165, 1.54) is 21.9 Å². The number of carboxylic acids is 2. The standard InChI is InChI=1S/C39H43FN4O9/c1-41(2)27-7-9-29-33(21-27)53-34-22-28(42(3)4)8-10-30(34)39(29)25-5-11-31(43(13-15-45)23-37(47)48)35(19-25)51-17-18-52-36-20-26(40)6-12-32(36)44(14-16-46)24-38(49)50/h5-12,19-22,45-46H,13-18,23-24H2,1-4H3,(H-,47,48,49,50)/p+1. The Morgan fingerprint density at radius 3 is 1.94 bits per heavy atom. The van der Waals surface area contributed by atoms with Crippen LogP contribution in [0.1, 0.15) is 0 Å². The maximum atomic E-state index is 14.3. The van der Waals surface area contributed by atoms with Crippen LogP contribution >= 0.6 is 0 Å². The minimum atomic E-state index is -1.14. The summed E-state index contributed by atoms with van der Waals surface area (Å²) >= 11 is 0. The second kappa shape index (κ2) is 17.1. The summed E-state index contributed by atoms with van der Waals surface area (Å²) in [4.78, 5) is 28.2. The van der Waals surface area contributed by atoms with Gasteiger partial charge in [-0.05, 0) is 48.0 Å². The van der Waals surface area contributed by atoms with Gasteiger partial charge in [-0.1, -0.05) is 6.07 Å². The molecule has 14 heteroatoms. The first kappa shape index (κ1) is 38.4. The maximum Gasteiger partial charge on any atom is 0.323 e. The molecule has 13 nitrogen and oxygen atoms in total. The van der Waals surface area contributed by atoms with Gasteiger partial charge in [0.1, 0.15) is 69.1 Å². The molecule has 0 aromatic heterocycles. The third-order valence-corrected chi connectivity index (χ3v) is 8.56. The van der Waals surface area contributed by atoms with Crippen molar-refractivity contribution in [3.8, 4) is 33.9 Å². The minimum Gasteiger partial charge on any atom is -0.488 e. The SMILES string of the molecule is CN(C)c1ccc2c(-c3ccc(N(CCO)CC(=O)O)c(OCCOc4cc(F)ccc4N(CCO)CC(=O)O)c3)c3ccc(=[N+](C)C)cc-3oc2c1. The molecule has 280 valence electrons. The van der Waals surface area contributed by atoms with Crippen LogP contribution in [0.5, 0.6) is 11.5 Å². The predicted molar refractivity (Wildman–Crippen MR) is 201 cm³/mol. The third-order valence-electron chi connectivity index (χ3n) is 8.56. The molecule has 3 aromatic carbocycles. The van der Waals surface area contributed by atoms with Gasteiger partial charge in [-0.25, -0.2) is 8.97 Å². The Kier molecular flexibility index (Phi) is 12.4. The molecule has 1 heterocycles. The average Bonchev–Trinajstić information content (AvgIpc) is 3.11. The normalized spacial score (nSPS) is 11.1. The van der Waals surface area contributed by atoms with Crippen LogP contribution in [0.2, 0.25) is 0 Å². The zero-order valence-electron chi connectivity index (χ0n) is 30.1. The molecule has 3 aromatic rings. The largest absolute Gasteiger partial charge is 0.488 e. The predicted octanol–water partition coefficient (Wildman–Crippen LogP) is 3.67. The molecule has 0 spiro atoms. The second-order valence-corrected chi connectivity index (χ2v) is 12.7. The molecule has 4 N–H and O–H groups in total. The maximum absolute atomic E-state index is 14.3. The summed E-state index contributed by atoms with van der Waals surface area (Å²) in [7, 11) is 7.80. The fraction of sp³-hybridized carbons (Fsp3) is 0.308. The molecule has 2 aliphatic rings. The van der Waals surface area contributed by atoms with Gasteiger partial charge in [0.05, 0.1) is 30.7 Å². The Morgan fingerprint density at radius 1 is 0.774 bits per heavy atom. The average molecular weight is 732 g/mol. The zero-order valence-corrected chi connectivity index (χ0v) is 30.1. The quantitative estimate of drug-likeness (QED) is 0.0626. The van der Waals surface area contributed by atoms with E-state index < -0.39 is 30.8 Å². The van der Waals surface area contributed by atoms with Crippen LogP contribution in [-0.4, -0.2) is 113 Å². The zero-order chi connectivity index (χ0) is 38.2. The van der Waals surface area contributed by atoms with E-state index in [1.807, 2.05) is 80.1 Å². The van der Waals surface area contributed by atoms with Gasteiger partial charge in [0.15, 0.2) is 0 Å². The van der Waals surface area contributed by atoms with Crippen LogP contribution in [0.4, 0.5) is 21.5 Å². The van der Waals surface area contributed by atoms with E-state index in [0.29, 0.717) is 22.8 Å². The van der Waals surface area contributed by atoms with Crippen molar-refractivity contribution < 1.29 is 48.3 Å². The molecule has 1 aliphatic heterocycles. The molecule has 0 unspecified atom stereocenters. The fourth-order valence-electron chi connectivity index (χ4n) is 6.09. The van der Waals surface area contributed by atoms with Crippen molar-refractivity contribution in [1.29, 1.82) is 0 Å². The number of nitrogens with zero attached hydrogens (tertiary/aromatic N) is 4. The number of halogens is 1. The van der Waals surface area contributed by atoms with Crippen LogP contribution in [0.15, 0.2) is 77.2 Å². The highest BCUT2D eigenvalue weighted by molar-refractivity contribution is 6.03. The number of anilines is 3. The Morgan fingerprint density at radius 2 is 1.38 bits per heavy atom. The lowest BCUT2D eigenvalue weighted by molar-refractivity contribution is -0.136. The number of aliphatic hydroxyl groups is 2. The highest BCUT2D eigenvalue weighted by atomic mass is 19.1. The van der Waals surface area contributed by atoms with E-state index in [-0.39, 0.29) is 51.0 Å². The number of aliphatic carboxylic acids is 2. The fourth-order valence-corrected chi connectivity index (χ4v) is 6.09. The van der Waals surface area contributed by atoms with Gasteiger partial charge in [-0.2, -0.15) is 0 Å². The first-order chi connectivity index (χ1) is 25.4. The molecule has 0 bridgehead atoms. The van der Waals surface area contributed by atoms with Crippen molar-refractivity contribution in [1.82, 2.24) is 4.58 Å². The summed E-state index contributed by atoms with van der Waals surface area (Å²) in [5, 5.41) is 40.2. The highest BCUT2D eigenvalue weighted by Gasteiger charge is 2.22. The van der Waals surface area contributed by atoms with Gasteiger partial charge in [-0.15, -0.1) is 0 Å². The lowest BCUT2D eigenvalue weighted by atomic mass is 9.93. The van der Waals surface area contributed by atoms with Gasteiger partial charge in [0, 0.05) is 67.6 Å². The first-order valence-corrected chi connectivity index (χ1v) is 16.9. The van der Waals surface area contributed by atoms with Crippen LogP contribution in [0.3, 0.4) is 0 Å². The van der Waals surface area contributed by atoms with Gasteiger partial charge >= 0.3 is 11.9 Å². The lowest BCUT2D eigenvalue weighted by Crippen LogP contribution is -2.33. The molecule has 0 saturated heterocycles. The summed E-state index contributed by atoms with van der Waals surface area (Å²) in [5.74, 6) is -1.81. The van der Waals surface area contributed by atoms with E-state index >= 15 is 0 Å². The minimum absolute atomic E-state index is 0.0196. The Hall–Kier alpha value is -5.86. The summed E-state index contributed by atoms with van der Waals surface area (Å²) in [6.45, 7) is -1.66. The van der Waals surface area contributed by atoms with E-state index in [0.717, 1.165) is 39.2 Å². The van der Waals surface area contributed by atoms with Crippen LogP contribution in [0.25, 0.3) is 33.4 Å². The molecule has 0 fully saturated rings. The van der Waals surface area contributed by atoms with Crippen LogP contribution in [-0.2, 0) is 9.59 Å². The van der Waals surface area contributed by atoms with Crippen molar-refractivity contribution in [3.05, 3.63) is 84.0 Å². The molecule has 0 atom stereocenters. The summed E-state index contributed by atoms with van der Waals surface area (Å²) in [6, 6.07) is 21.0. The molecule has 1 aliphatic carbocycles. The molecule has 0 saturated carbocycles. The van der Waals surface area contributed by atoms with Gasteiger partial charge in [0.25, 0.3) is 0 Å². The Balaban J connectivity index is 1.57. The number of carbonyl (C=O) groups is 2. The van der Waals surface area contributed by atoms with E-state index in [2.05, 4.69) is 0 Å². The van der Waals surface area contributed by atoms with Crippen LogP contribution in [0, 0.1) is 5.82 Å². The van der Waals surface area contributed by atoms with Gasteiger partial charge in [-0.3, -0.25) is 9.59 Å². The molecule has 0 radical (unpaired) electrons. The lowest BCUT2D eigenvalue weighted by Gasteiger charge is -2.26. The van der Waals surface area contributed by atoms with Crippen molar-refractivity contribution >= 4 is 40.0 Å². The summed E-state index contributed by atoms with van der Waals surface area (Å²) in [5.41, 5.74) is 4.77. The number of fused-ring (bicyclic) bond motifs is 2. The van der Waals surface area contributed by atoms with Crippen molar-refractivity contribution in [2.24, 2.45) is 0 Å². The van der Waals surface area contributed by atoms with Crippen molar-refractivity contribution in [2.75, 3.05) is 95.5 Å². The number of benzene rings is 4. The monoisotopic (exact) mass is 731 g/mol. The van der Waals surface area contributed by atoms with E-state index in [4.69, 9.17) is 13.9 Å². The van der Waals surface area contributed by atoms with E-state index in [9.17, 15) is 34.4 Å².